The lowest BCUT2D eigenvalue weighted by molar-refractivity contribution is -0.127. The Kier molecular flexibility index (Phi) is 5.04. The van der Waals surface area contributed by atoms with Crippen molar-refractivity contribution in [3.05, 3.63) is 28.1 Å². The van der Waals surface area contributed by atoms with E-state index in [0.717, 1.165) is 58.6 Å². The smallest absolute Gasteiger partial charge is 0.222 e. The van der Waals surface area contributed by atoms with E-state index in [0.29, 0.717) is 6.42 Å². The van der Waals surface area contributed by atoms with Crippen LogP contribution in [0.4, 0.5) is 0 Å². The number of ether oxygens (including phenoxy) is 2. The highest BCUT2D eigenvalue weighted by Gasteiger charge is 2.21. The van der Waals surface area contributed by atoms with E-state index in [2.05, 4.69) is 6.92 Å². The first-order valence-corrected chi connectivity index (χ1v) is 8.90. The molecule has 1 aromatic carbocycles. The van der Waals surface area contributed by atoms with Gasteiger partial charge in [-0.05, 0) is 25.5 Å². The van der Waals surface area contributed by atoms with Gasteiger partial charge in [-0.15, -0.1) is 11.3 Å². The molecule has 1 aromatic heterocycles. The van der Waals surface area contributed by atoms with E-state index in [-0.39, 0.29) is 5.91 Å². The second kappa shape index (κ2) is 7.21. The number of amides is 1. The minimum atomic E-state index is 0.264. The van der Waals surface area contributed by atoms with Crippen LogP contribution in [0.5, 0.6) is 11.5 Å². The van der Waals surface area contributed by atoms with E-state index in [1.165, 1.54) is 0 Å². The van der Waals surface area contributed by atoms with Crippen molar-refractivity contribution in [2.24, 2.45) is 0 Å². The summed E-state index contributed by atoms with van der Waals surface area (Å²) >= 11 is 1.69. The van der Waals surface area contributed by atoms with Crippen molar-refractivity contribution in [1.82, 2.24) is 9.88 Å². The first-order chi connectivity index (χ1) is 11.6. The molecule has 0 bridgehead atoms. The first-order valence-electron chi connectivity index (χ1n) is 8.09. The molecule has 5 nitrogen and oxygen atoms in total. The predicted molar refractivity (Wildman–Crippen MR) is 94.9 cm³/mol. The zero-order valence-electron chi connectivity index (χ0n) is 14.3. The quantitative estimate of drug-likeness (QED) is 0.805. The molecule has 1 fully saturated rings. The molecule has 2 heterocycles. The van der Waals surface area contributed by atoms with Crippen LogP contribution in [-0.4, -0.2) is 43.1 Å². The average Bonchev–Trinajstić information content (AvgIpc) is 3.17. The van der Waals surface area contributed by atoms with Gasteiger partial charge < -0.3 is 14.4 Å². The third kappa shape index (κ3) is 3.38. The van der Waals surface area contributed by atoms with Gasteiger partial charge in [0.05, 0.1) is 24.9 Å². The average molecular weight is 346 g/mol. The summed E-state index contributed by atoms with van der Waals surface area (Å²) < 4.78 is 10.7. The Labute approximate surface area is 146 Å². The number of carbonyl (C=O) groups excluding carboxylic acids is 1. The zero-order chi connectivity index (χ0) is 17.1. The number of benzene rings is 1. The summed E-state index contributed by atoms with van der Waals surface area (Å²) in [6, 6.07) is 5.77. The number of methoxy groups -OCH3 is 2. The highest BCUT2D eigenvalue weighted by Crippen LogP contribution is 2.36. The molecular formula is C18H22N2O3S. The van der Waals surface area contributed by atoms with Gasteiger partial charge in [-0.2, -0.15) is 0 Å². The van der Waals surface area contributed by atoms with E-state index >= 15 is 0 Å². The zero-order valence-corrected chi connectivity index (χ0v) is 15.1. The second-order valence-corrected chi connectivity index (χ2v) is 7.10. The maximum atomic E-state index is 11.7. The molecule has 24 heavy (non-hydrogen) atoms. The van der Waals surface area contributed by atoms with Crippen LogP contribution in [0.15, 0.2) is 18.2 Å². The summed E-state index contributed by atoms with van der Waals surface area (Å²) in [6.07, 6.45) is 2.46. The van der Waals surface area contributed by atoms with Crippen molar-refractivity contribution in [1.29, 1.82) is 0 Å². The molecule has 0 radical (unpaired) electrons. The standard InChI is InChI=1S/C18H22N2O3S/c1-12-18(14-7-6-13(22-2)11-15(14)23-3)19-16(24-12)8-10-20-9-4-5-17(20)21/h6-7,11H,4-5,8-10H2,1-3H3. The van der Waals surface area contributed by atoms with Gasteiger partial charge in [0, 0.05) is 42.4 Å². The van der Waals surface area contributed by atoms with E-state index in [1.807, 2.05) is 23.1 Å². The van der Waals surface area contributed by atoms with Crippen LogP contribution >= 0.6 is 11.3 Å². The summed E-state index contributed by atoms with van der Waals surface area (Å²) in [4.78, 5) is 19.6. The Balaban J connectivity index is 1.80. The molecule has 0 spiro atoms. The number of aromatic nitrogens is 1. The predicted octanol–water partition coefficient (Wildman–Crippen LogP) is 3.30. The van der Waals surface area contributed by atoms with Crippen molar-refractivity contribution in [2.45, 2.75) is 26.2 Å². The van der Waals surface area contributed by atoms with Crippen LogP contribution in [-0.2, 0) is 11.2 Å². The van der Waals surface area contributed by atoms with Crippen LogP contribution in [0.3, 0.4) is 0 Å². The minimum absolute atomic E-state index is 0.264. The van der Waals surface area contributed by atoms with Crippen molar-refractivity contribution in [3.8, 4) is 22.8 Å². The van der Waals surface area contributed by atoms with Crippen LogP contribution < -0.4 is 9.47 Å². The summed E-state index contributed by atoms with van der Waals surface area (Å²) in [5.74, 6) is 1.78. The SMILES string of the molecule is COc1ccc(-c2nc(CCN3CCCC3=O)sc2C)c(OC)c1. The van der Waals surface area contributed by atoms with E-state index < -0.39 is 0 Å². The number of likely N-dealkylation sites (tertiary alicyclic amines) is 1. The van der Waals surface area contributed by atoms with Gasteiger partial charge in [-0.1, -0.05) is 0 Å². The van der Waals surface area contributed by atoms with Gasteiger partial charge in [0.25, 0.3) is 0 Å². The van der Waals surface area contributed by atoms with Gasteiger partial charge >= 0.3 is 0 Å². The number of rotatable bonds is 6. The topological polar surface area (TPSA) is 51.7 Å². The summed E-state index contributed by atoms with van der Waals surface area (Å²) in [5.41, 5.74) is 1.91. The molecule has 128 valence electrons. The lowest BCUT2D eigenvalue weighted by Gasteiger charge is -2.13. The summed E-state index contributed by atoms with van der Waals surface area (Å²) in [6.45, 7) is 3.70. The lowest BCUT2D eigenvalue weighted by atomic mass is 10.1. The Morgan fingerprint density at radius 2 is 2.12 bits per heavy atom. The molecule has 0 saturated carbocycles. The minimum Gasteiger partial charge on any atom is -0.497 e. The number of carbonyl (C=O) groups is 1. The van der Waals surface area contributed by atoms with Gasteiger partial charge in [0.2, 0.25) is 5.91 Å². The van der Waals surface area contributed by atoms with Crippen molar-refractivity contribution in [3.63, 3.8) is 0 Å². The van der Waals surface area contributed by atoms with Crippen LogP contribution in [0.1, 0.15) is 22.7 Å². The van der Waals surface area contributed by atoms with Gasteiger partial charge in [-0.25, -0.2) is 4.98 Å². The van der Waals surface area contributed by atoms with Crippen molar-refractivity contribution >= 4 is 17.2 Å². The monoisotopic (exact) mass is 346 g/mol. The Bertz CT molecular complexity index is 742. The fourth-order valence-corrected chi connectivity index (χ4v) is 3.91. The summed E-state index contributed by atoms with van der Waals surface area (Å²) in [5, 5.41) is 1.06. The van der Waals surface area contributed by atoms with Gasteiger partial charge in [-0.3, -0.25) is 4.79 Å². The molecule has 0 N–H and O–H groups in total. The third-order valence-corrected chi connectivity index (χ3v) is 5.30. The molecule has 0 atom stereocenters. The molecule has 3 rings (SSSR count). The first kappa shape index (κ1) is 16.8. The lowest BCUT2D eigenvalue weighted by Crippen LogP contribution is -2.26. The number of hydrogen-bond donors (Lipinski definition) is 0. The molecular weight excluding hydrogens is 324 g/mol. The molecule has 2 aromatic rings. The van der Waals surface area contributed by atoms with Crippen LogP contribution in [0, 0.1) is 6.92 Å². The fourth-order valence-electron chi connectivity index (χ4n) is 2.97. The number of hydrogen-bond acceptors (Lipinski definition) is 5. The maximum absolute atomic E-state index is 11.7. The van der Waals surface area contributed by atoms with Gasteiger partial charge in [0.15, 0.2) is 0 Å². The Morgan fingerprint density at radius 1 is 1.29 bits per heavy atom. The number of aryl methyl sites for hydroxylation is 1. The van der Waals surface area contributed by atoms with Crippen LogP contribution in [0.2, 0.25) is 0 Å². The summed E-state index contributed by atoms with van der Waals surface area (Å²) in [7, 11) is 3.29. The van der Waals surface area contributed by atoms with E-state index in [9.17, 15) is 4.79 Å². The number of nitrogens with zero attached hydrogens (tertiary/aromatic N) is 2. The highest BCUT2D eigenvalue weighted by atomic mass is 32.1. The van der Waals surface area contributed by atoms with Crippen LogP contribution in [0.25, 0.3) is 11.3 Å². The van der Waals surface area contributed by atoms with Gasteiger partial charge in [0.1, 0.15) is 11.5 Å². The Hall–Kier alpha value is -2.08. The largest absolute Gasteiger partial charge is 0.497 e. The second-order valence-electron chi connectivity index (χ2n) is 5.81. The molecule has 6 heteroatoms. The highest BCUT2D eigenvalue weighted by molar-refractivity contribution is 7.12. The van der Waals surface area contributed by atoms with Crippen molar-refractivity contribution < 1.29 is 14.3 Å². The fraction of sp³-hybridized carbons (Fsp3) is 0.444. The molecule has 1 amide bonds. The molecule has 1 saturated heterocycles. The van der Waals surface area contributed by atoms with E-state index in [4.69, 9.17) is 14.5 Å². The third-order valence-electron chi connectivity index (χ3n) is 4.27. The Morgan fingerprint density at radius 3 is 2.79 bits per heavy atom. The molecule has 0 aliphatic carbocycles. The normalized spacial score (nSPS) is 14.3. The van der Waals surface area contributed by atoms with E-state index in [1.54, 1.807) is 25.6 Å². The maximum Gasteiger partial charge on any atom is 0.222 e. The van der Waals surface area contributed by atoms with Crippen molar-refractivity contribution in [2.75, 3.05) is 27.3 Å². The molecule has 1 aliphatic heterocycles. The number of thiazole rings is 1. The molecule has 0 unspecified atom stereocenters. The molecule has 1 aliphatic rings.